The third-order valence-electron chi connectivity index (χ3n) is 2.23. The average molecular weight is 250 g/mol. The van der Waals surface area contributed by atoms with Crippen molar-refractivity contribution in [1.29, 1.82) is 0 Å². The zero-order valence-electron chi connectivity index (χ0n) is 10.3. The standard InChI is InChI=1S/C6H14O3.C5H8O3/c1-2-6(3-7,4-8)5-9;1-2-8-4-3-5(6)7/h7-9H,2-5H2,1H3;3-4H,2H2,1H3,(H,6,7). The van der Waals surface area contributed by atoms with Crippen molar-refractivity contribution in [1.82, 2.24) is 0 Å². The molecule has 0 aromatic carbocycles. The average Bonchev–Trinajstić information content (AvgIpc) is 2.34. The van der Waals surface area contributed by atoms with Gasteiger partial charge in [0, 0.05) is 5.41 Å². The first kappa shape index (κ1) is 18.3. The van der Waals surface area contributed by atoms with Crippen molar-refractivity contribution >= 4 is 5.97 Å². The van der Waals surface area contributed by atoms with Gasteiger partial charge in [0.2, 0.25) is 0 Å². The SMILES string of the molecule is CCC(CO)(CO)CO.CCOC=CC(=O)O. The summed E-state index contributed by atoms with van der Waals surface area (Å²) in [5.74, 6) is -0.988. The van der Waals surface area contributed by atoms with E-state index < -0.39 is 11.4 Å². The molecule has 0 atom stereocenters. The van der Waals surface area contributed by atoms with E-state index in [1.165, 1.54) is 0 Å². The first-order valence-electron chi connectivity index (χ1n) is 5.35. The Morgan fingerprint density at radius 1 is 1.18 bits per heavy atom. The Morgan fingerprint density at radius 2 is 1.65 bits per heavy atom. The van der Waals surface area contributed by atoms with Gasteiger partial charge in [0.25, 0.3) is 0 Å². The molecule has 0 saturated heterocycles. The Morgan fingerprint density at radius 3 is 1.82 bits per heavy atom. The predicted octanol–water partition coefficient (Wildman–Crippen LogP) is -0.0191. The van der Waals surface area contributed by atoms with Crippen LogP contribution in [0, 0.1) is 5.41 Å². The van der Waals surface area contributed by atoms with Gasteiger partial charge >= 0.3 is 5.97 Å². The molecule has 0 aliphatic heterocycles. The van der Waals surface area contributed by atoms with Gasteiger partial charge in [0.15, 0.2) is 0 Å². The monoisotopic (exact) mass is 250 g/mol. The van der Waals surface area contributed by atoms with Crippen LogP contribution in [0.15, 0.2) is 12.3 Å². The maximum atomic E-state index is 9.71. The molecule has 0 aliphatic carbocycles. The third kappa shape index (κ3) is 9.80. The molecule has 4 N–H and O–H groups in total. The number of rotatable bonds is 7. The minimum absolute atomic E-state index is 0.156. The van der Waals surface area contributed by atoms with Crippen LogP contribution >= 0.6 is 0 Å². The lowest BCUT2D eigenvalue weighted by Crippen LogP contribution is -2.32. The molecule has 0 heterocycles. The molecule has 0 bridgehead atoms. The molecule has 0 fully saturated rings. The molecular weight excluding hydrogens is 228 g/mol. The van der Waals surface area contributed by atoms with Crippen molar-refractivity contribution < 1.29 is 30.0 Å². The van der Waals surface area contributed by atoms with E-state index in [9.17, 15) is 4.79 Å². The summed E-state index contributed by atoms with van der Waals surface area (Å²) in [5, 5.41) is 33.9. The molecule has 6 heteroatoms. The van der Waals surface area contributed by atoms with E-state index in [-0.39, 0.29) is 19.8 Å². The van der Waals surface area contributed by atoms with E-state index >= 15 is 0 Å². The number of carboxylic acid groups (broad SMARTS) is 1. The fourth-order valence-corrected chi connectivity index (χ4v) is 0.688. The Balaban J connectivity index is 0. The summed E-state index contributed by atoms with van der Waals surface area (Å²) < 4.78 is 4.58. The molecule has 0 saturated carbocycles. The van der Waals surface area contributed by atoms with E-state index in [4.69, 9.17) is 20.4 Å². The van der Waals surface area contributed by atoms with Gasteiger partial charge in [-0.1, -0.05) is 6.92 Å². The van der Waals surface area contributed by atoms with Gasteiger partial charge in [-0.3, -0.25) is 0 Å². The number of carboxylic acids is 1. The highest BCUT2D eigenvalue weighted by Gasteiger charge is 2.24. The fourth-order valence-electron chi connectivity index (χ4n) is 0.688. The number of aliphatic hydroxyl groups is 3. The number of aliphatic hydroxyl groups excluding tert-OH is 3. The zero-order valence-corrected chi connectivity index (χ0v) is 10.3. The molecule has 102 valence electrons. The number of ether oxygens (including phenoxy) is 1. The minimum atomic E-state index is -0.988. The Labute approximate surface area is 101 Å². The second-order valence-corrected chi connectivity index (χ2v) is 3.42. The van der Waals surface area contributed by atoms with Crippen molar-refractivity contribution in [2.45, 2.75) is 20.3 Å². The Hall–Kier alpha value is -1.11. The summed E-state index contributed by atoms with van der Waals surface area (Å²) in [7, 11) is 0. The molecule has 0 aliphatic rings. The van der Waals surface area contributed by atoms with E-state index in [0.717, 1.165) is 12.3 Å². The number of carbonyl (C=O) groups is 1. The van der Waals surface area contributed by atoms with Crippen LogP contribution in [0.25, 0.3) is 0 Å². The molecule has 0 spiro atoms. The maximum absolute atomic E-state index is 9.71. The second-order valence-electron chi connectivity index (χ2n) is 3.42. The summed E-state index contributed by atoms with van der Waals surface area (Å²) in [6.45, 7) is 3.64. The van der Waals surface area contributed by atoms with Crippen molar-refractivity contribution in [2.24, 2.45) is 5.41 Å². The van der Waals surface area contributed by atoms with Gasteiger partial charge in [-0.15, -0.1) is 0 Å². The lowest BCUT2D eigenvalue weighted by atomic mass is 9.88. The second kappa shape index (κ2) is 11.4. The van der Waals surface area contributed by atoms with E-state index in [2.05, 4.69) is 4.74 Å². The summed E-state index contributed by atoms with van der Waals surface area (Å²) in [6.07, 6.45) is 2.70. The zero-order chi connectivity index (χ0) is 13.7. The maximum Gasteiger partial charge on any atom is 0.331 e. The van der Waals surface area contributed by atoms with Crippen LogP contribution < -0.4 is 0 Å². The van der Waals surface area contributed by atoms with Crippen LogP contribution in [0.5, 0.6) is 0 Å². The summed E-state index contributed by atoms with van der Waals surface area (Å²) >= 11 is 0. The van der Waals surface area contributed by atoms with Crippen molar-refractivity contribution in [2.75, 3.05) is 26.4 Å². The van der Waals surface area contributed by atoms with Gasteiger partial charge in [-0.05, 0) is 13.3 Å². The quantitative estimate of drug-likeness (QED) is 0.374. The summed E-state index contributed by atoms with van der Waals surface area (Å²) in [6, 6.07) is 0. The number of hydrogen-bond acceptors (Lipinski definition) is 5. The van der Waals surface area contributed by atoms with Crippen LogP contribution in [-0.2, 0) is 9.53 Å². The van der Waals surface area contributed by atoms with Gasteiger partial charge in [0.1, 0.15) is 0 Å². The van der Waals surface area contributed by atoms with Crippen LogP contribution in [0.2, 0.25) is 0 Å². The first-order valence-corrected chi connectivity index (χ1v) is 5.35. The topological polar surface area (TPSA) is 107 Å². The molecule has 0 aromatic heterocycles. The van der Waals surface area contributed by atoms with Gasteiger partial charge in [-0.25, -0.2) is 4.79 Å². The molecule has 0 aromatic rings. The van der Waals surface area contributed by atoms with Crippen LogP contribution in [0.3, 0.4) is 0 Å². The highest BCUT2D eigenvalue weighted by Crippen LogP contribution is 2.18. The summed E-state index contributed by atoms with van der Waals surface area (Å²) in [4.78, 5) is 9.71. The van der Waals surface area contributed by atoms with Crippen LogP contribution in [0.4, 0.5) is 0 Å². The van der Waals surface area contributed by atoms with E-state index in [1.807, 2.05) is 6.92 Å². The molecule has 6 nitrogen and oxygen atoms in total. The number of aliphatic carboxylic acids is 1. The molecule has 0 amide bonds. The highest BCUT2D eigenvalue weighted by atomic mass is 16.5. The summed E-state index contributed by atoms with van der Waals surface area (Å²) in [5.41, 5.74) is -0.667. The molecule has 17 heavy (non-hydrogen) atoms. The van der Waals surface area contributed by atoms with Crippen molar-refractivity contribution in [3.8, 4) is 0 Å². The van der Waals surface area contributed by atoms with Gasteiger partial charge in [0.05, 0.1) is 38.8 Å². The molecule has 0 radical (unpaired) electrons. The Bertz CT molecular complexity index is 192. The van der Waals surface area contributed by atoms with Gasteiger partial charge < -0.3 is 25.2 Å². The van der Waals surface area contributed by atoms with Crippen molar-refractivity contribution in [3.63, 3.8) is 0 Å². The molecular formula is C11H22O6. The van der Waals surface area contributed by atoms with E-state index in [0.29, 0.717) is 13.0 Å². The number of hydrogen-bond donors (Lipinski definition) is 4. The smallest absolute Gasteiger partial charge is 0.331 e. The highest BCUT2D eigenvalue weighted by molar-refractivity contribution is 5.79. The van der Waals surface area contributed by atoms with Crippen molar-refractivity contribution in [3.05, 3.63) is 12.3 Å². The lowest BCUT2D eigenvalue weighted by Gasteiger charge is -2.24. The lowest BCUT2D eigenvalue weighted by molar-refractivity contribution is -0.131. The van der Waals surface area contributed by atoms with Crippen LogP contribution in [-0.4, -0.2) is 52.8 Å². The normalized spacial score (nSPS) is 10.9. The van der Waals surface area contributed by atoms with Gasteiger partial charge in [-0.2, -0.15) is 0 Å². The first-order chi connectivity index (χ1) is 8.01. The minimum Gasteiger partial charge on any atom is -0.501 e. The third-order valence-corrected chi connectivity index (χ3v) is 2.23. The predicted molar refractivity (Wildman–Crippen MR) is 62.4 cm³/mol. The molecule has 0 unspecified atom stereocenters. The van der Waals surface area contributed by atoms with E-state index in [1.54, 1.807) is 6.92 Å². The van der Waals surface area contributed by atoms with Crippen LogP contribution in [0.1, 0.15) is 20.3 Å². The largest absolute Gasteiger partial charge is 0.501 e. The molecule has 0 rings (SSSR count). The fraction of sp³-hybridized carbons (Fsp3) is 0.727. The Kier molecular flexibility index (Phi) is 12.2.